The van der Waals surface area contributed by atoms with Gasteiger partial charge in [-0.25, -0.2) is 9.89 Å². The molecular weight excluding hydrogens is 282 g/mol. The Labute approximate surface area is 120 Å². The molecule has 1 rings (SSSR count). The largest absolute Gasteiger partial charge is 0.465 e. The second kappa shape index (κ2) is 8.57. The molecule has 0 aromatic carbocycles. The van der Waals surface area contributed by atoms with Gasteiger partial charge in [0.1, 0.15) is 5.25 Å². The molecule has 1 heterocycles. The van der Waals surface area contributed by atoms with E-state index in [1.807, 2.05) is 6.92 Å². The Morgan fingerprint density at radius 1 is 1.35 bits per heavy atom. The zero-order chi connectivity index (χ0) is 15.0. The van der Waals surface area contributed by atoms with Crippen LogP contribution in [0.25, 0.3) is 0 Å². The lowest BCUT2D eigenvalue weighted by Gasteiger charge is -2.12. The SMILES string of the molecule is CCCCCOC(=O)[C@@H](CC)Sc1n[nH]c(=O)[nH]c1=O. The van der Waals surface area contributed by atoms with Crippen molar-refractivity contribution in [2.75, 3.05) is 6.61 Å². The van der Waals surface area contributed by atoms with E-state index in [1.54, 1.807) is 0 Å². The minimum atomic E-state index is -0.672. The Morgan fingerprint density at radius 2 is 2.10 bits per heavy atom. The lowest BCUT2D eigenvalue weighted by molar-refractivity contribution is -0.143. The number of rotatable bonds is 8. The first kappa shape index (κ1) is 16.5. The van der Waals surface area contributed by atoms with Crippen molar-refractivity contribution < 1.29 is 9.53 Å². The molecule has 0 saturated carbocycles. The van der Waals surface area contributed by atoms with E-state index in [1.165, 1.54) is 0 Å². The van der Waals surface area contributed by atoms with Crippen LogP contribution < -0.4 is 11.2 Å². The van der Waals surface area contributed by atoms with Gasteiger partial charge in [-0.1, -0.05) is 38.5 Å². The summed E-state index contributed by atoms with van der Waals surface area (Å²) in [6, 6.07) is 0. The summed E-state index contributed by atoms with van der Waals surface area (Å²) < 4.78 is 5.16. The molecule has 0 aliphatic carbocycles. The van der Waals surface area contributed by atoms with Crippen LogP contribution in [0.5, 0.6) is 0 Å². The average Bonchev–Trinajstić information content (AvgIpc) is 2.42. The summed E-state index contributed by atoms with van der Waals surface area (Å²) in [5, 5.41) is 5.32. The van der Waals surface area contributed by atoms with Crippen molar-refractivity contribution >= 4 is 17.7 Å². The molecule has 0 bridgehead atoms. The maximum atomic E-state index is 11.9. The molecule has 112 valence electrons. The highest BCUT2D eigenvalue weighted by Crippen LogP contribution is 2.21. The monoisotopic (exact) mass is 301 g/mol. The van der Waals surface area contributed by atoms with Gasteiger partial charge in [0.15, 0.2) is 5.03 Å². The number of esters is 1. The summed E-state index contributed by atoms with van der Waals surface area (Å²) >= 11 is 0.996. The summed E-state index contributed by atoms with van der Waals surface area (Å²) in [5.41, 5.74) is -1.27. The van der Waals surface area contributed by atoms with E-state index in [-0.39, 0.29) is 11.0 Å². The lowest BCUT2D eigenvalue weighted by Crippen LogP contribution is -2.27. The molecule has 1 atom stereocenters. The Bertz CT molecular complexity index is 540. The number of carbonyl (C=O) groups excluding carboxylic acids is 1. The van der Waals surface area contributed by atoms with Gasteiger partial charge in [-0.15, -0.1) is 0 Å². The molecule has 0 unspecified atom stereocenters. The fraction of sp³-hybridized carbons (Fsp3) is 0.667. The third kappa shape index (κ3) is 5.20. The molecule has 0 aliphatic heterocycles. The summed E-state index contributed by atoms with van der Waals surface area (Å²) in [7, 11) is 0. The quantitative estimate of drug-likeness (QED) is 0.422. The van der Waals surface area contributed by atoms with Crippen LogP contribution >= 0.6 is 11.8 Å². The normalized spacial score (nSPS) is 12.1. The number of ether oxygens (including phenoxy) is 1. The van der Waals surface area contributed by atoms with Gasteiger partial charge in [-0.2, -0.15) is 5.10 Å². The Kier molecular flexibility index (Phi) is 7.06. The number of hydrogen-bond acceptors (Lipinski definition) is 6. The van der Waals surface area contributed by atoms with Crippen LogP contribution in [0.1, 0.15) is 39.5 Å². The first-order valence-electron chi connectivity index (χ1n) is 6.60. The van der Waals surface area contributed by atoms with Crippen molar-refractivity contribution in [1.82, 2.24) is 15.2 Å². The Balaban J connectivity index is 2.59. The molecule has 1 aromatic rings. The highest BCUT2D eigenvalue weighted by Gasteiger charge is 2.21. The predicted molar refractivity (Wildman–Crippen MR) is 75.9 cm³/mol. The number of aromatic amines is 2. The zero-order valence-corrected chi connectivity index (χ0v) is 12.4. The molecular formula is C12H19N3O4S. The molecule has 0 amide bonds. The highest BCUT2D eigenvalue weighted by molar-refractivity contribution is 8.00. The molecule has 8 heteroatoms. The van der Waals surface area contributed by atoms with Crippen LogP contribution in [-0.4, -0.2) is 33.0 Å². The van der Waals surface area contributed by atoms with E-state index in [9.17, 15) is 14.4 Å². The van der Waals surface area contributed by atoms with Crippen molar-refractivity contribution in [3.8, 4) is 0 Å². The lowest BCUT2D eigenvalue weighted by atomic mass is 10.3. The number of hydrogen-bond donors (Lipinski definition) is 2. The number of nitrogens with zero attached hydrogens (tertiary/aromatic N) is 1. The molecule has 1 aromatic heterocycles. The van der Waals surface area contributed by atoms with Crippen LogP contribution in [0, 0.1) is 0 Å². The maximum absolute atomic E-state index is 11.9. The van der Waals surface area contributed by atoms with Gasteiger partial charge in [0.2, 0.25) is 0 Å². The van der Waals surface area contributed by atoms with Gasteiger partial charge in [-0.3, -0.25) is 14.6 Å². The molecule has 0 fully saturated rings. The molecule has 7 nitrogen and oxygen atoms in total. The van der Waals surface area contributed by atoms with Crippen molar-refractivity contribution in [2.45, 2.75) is 49.8 Å². The van der Waals surface area contributed by atoms with E-state index in [4.69, 9.17) is 4.74 Å². The summed E-state index contributed by atoms with van der Waals surface area (Å²) in [4.78, 5) is 36.3. The average molecular weight is 301 g/mol. The van der Waals surface area contributed by atoms with E-state index in [0.717, 1.165) is 31.0 Å². The van der Waals surface area contributed by atoms with Crippen LogP contribution in [-0.2, 0) is 9.53 Å². The minimum Gasteiger partial charge on any atom is -0.465 e. The van der Waals surface area contributed by atoms with Crippen molar-refractivity contribution in [2.24, 2.45) is 0 Å². The first-order valence-corrected chi connectivity index (χ1v) is 7.48. The van der Waals surface area contributed by atoms with Gasteiger partial charge < -0.3 is 4.74 Å². The number of unbranched alkanes of at least 4 members (excludes halogenated alkanes) is 2. The van der Waals surface area contributed by atoms with Crippen LogP contribution in [0.15, 0.2) is 14.6 Å². The zero-order valence-electron chi connectivity index (χ0n) is 11.6. The third-order valence-electron chi connectivity index (χ3n) is 2.56. The molecule has 0 spiro atoms. The summed E-state index contributed by atoms with van der Waals surface area (Å²) in [6.07, 6.45) is 3.41. The predicted octanol–water partition coefficient (Wildman–Crippen LogP) is 1.06. The topological polar surface area (TPSA) is 105 Å². The van der Waals surface area contributed by atoms with Gasteiger partial charge in [-0.05, 0) is 12.8 Å². The van der Waals surface area contributed by atoms with Crippen LogP contribution in [0.4, 0.5) is 0 Å². The second-order valence-corrected chi connectivity index (χ2v) is 5.39. The minimum absolute atomic E-state index is 0.0574. The van der Waals surface area contributed by atoms with E-state index in [0.29, 0.717) is 13.0 Å². The fourth-order valence-electron chi connectivity index (χ4n) is 1.47. The van der Waals surface area contributed by atoms with E-state index in [2.05, 4.69) is 22.1 Å². The number of H-pyrrole nitrogens is 2. The second-order valence-electron chi connectivity index (χ2n) is 4.20. The van der Waals surface area contributed by atoms with E-state index < -0.39 is 16.5 Å². The summed E-state index contributed by atoms with van der Waals surface area (Å²) in [5.74, 6) is -0.360. The molecule has 20 heavy (non-hydrogen) atoms. The molecule has 0 aliphatic rings. The van der Waals surface area contributed by atoms with Gasteiger partial charge in [0, 0.05) is 0 Å². The highest BCUT2D eigenvalue weighted by atomic mass is 32.2. The maximum Gasteiger partial charge on any atom is 0.342 e. The van der Waals surface area contributed by atoms with Gasteiger partial charge in [0.05, 0.1) is 6.61 Å². The standard InChI is InChI=1S/C12H19N3O4S/c1-3-5-6-7-19-11(17)8(4-2)20-10-9(16)13-12(18)15-14-10/h8H,3-7H2,1-2H3,(H2,13,15,16,18)/t8-/m1/s1. The number of thioether (sulfide) groups is 1. The number of nitrogens with one attached hydrogen (secondary N) is 2. The summed E-state index contributed by atoms with van der Waals surface area (Å²) in [6.45, 7) is 4.28. The fourth-order valence-corrected chi connectivity index (χ4v) is 2.32. The van der Waals surface area contributed by atoms with Crippen LogP contribution in [0.2, 0.25) is 0 Å². The van der Waals surface area contributed by atoms with Crippen molar-refractivity contribution in [3.63, 3.8) is 0 Å². The van der Waals surface area contributed by atoms with Gasteiger partial charge in [0.25, 0.3) is 5.56 Å². The Morgan fingerprint density at radius 3 is 2.70 bits per heavy atom. The first-order chi connectivity index (χ1) is 9.58. The number of aromatic nitrogens is 3. The molecule has 0 radical (unpaired) electrons. The number of carbonyl (C=O) groups is 1. The van der Waals surface area contributed by atoms with Crippen molar-refractivity contribution in [3.05, 3.63) is 20.8 Å². The molecule has 2 N–H and O–H groups in total. The van der Waals surface area contributed by atoms with E-state index >= 15 is 0 Å². The van der Waals surface area contributed by atoms with Gasteiger partial charge >= 0.3 is 11.7 Å². The van der Waals surface area contributed by atoms with Crippen LogP contribution in [0.3, 0.4) is 0 Å². The van der Waals surface area contributed by atoms with Crippen molar-refractivity contribution in [1.29, 1.82) is 0 Å². The Hall–Kier alpha value is -1.57. The molecule has 0 saturated heterocycles. The smallest absolute Gasteiger partial charge is 0.342 e. The third-order valence-corrected chi connectivity index (χ3v) is 3.87.